The molecule has 3 saturated carbocycles. The Kier molecular flexibility index (Phi) is 9.27. The maximum absolute atomic E-state index is 12.8. The zero-order valence-corrected chi connectivity index (χ0v) is 22.3. The Balaban J connectivity index is 1.22. The Morgan fingerprint density at radius 3 is 2.34 bits per heavy atom. The largest absolute Gasteiger partial charge is 0.466 e. The summed E-state index contributed by atoms with van der Waals surface area (Å²) in [4.78, 5) is 35.8. The van der Waals surface area contributed by atoms with E-state index in [9.17, 15) is 14.4 Å². The highest BCUT2D eigenvalue weighted by Crippen LogP contribution is 2.62. The van der Waals surface area contributed by atoms with Gasteiger partial charge < -0.3 is 4.74 Å². The highest BCUT2D eigenvalue weighted by molar-refractivity contribution is 5.91. The van der Waals surface area contributed by atoms with Crippen LogP contribution in [-0.4, -0.2) is 24.1 Å². The molecule has 4 nitrogen and oxygen atoms in total. The fourth-order valence-corrected chi connectivity index (χ4v) is 8.41. The van der Waals surface area contributed by atoms with Crippen molar-refractivity contribution in [3.05, 3.63) is 11.6 Å². The van der Waals surface area contributed by atoms with Gasteiger partial charge in [0.1, 0.15) is 5.78 Å². The summed E-state index contributed by atoms with van der Waals surface area (Å²) in [5, 5.41) is 0. The Hall–Kier alpha value is -1.45. The van der Waals surface area contributed by atoms with E-state index >= 15 is 0 Å². The van der Waals surface area contributed by atoms with E-state index in [0.29, 0.717) is 47.8 Å². The summed E-state index contributed by atoms with van der Waals surface area (Å²) < 4.78 is 4.99. The summed E-state index contributed by atoms with van der Waals surface area (Å²) in [5.41, 5.74) is 1.40. The van der Waals surface area contributed by atoms with Crippen molar-refractivity contribution in [1.82, 2.24) is 0 Å². The van der Waals surface area contributed by atoms with Crippen molar-refractivity contribution >= 4 is 17.5 Å². The number of fused-ring (bicyclic) bond motifs is 5. The third kappa shape index (κ3) is 6.28. The molecule has 0 amide bonds. The number of hydrogen-bond acceptors (Lipinski definition) is 4. The third-order valence-electron chi connectivity index (χ3n) is 10.2. The molecule has 0 aromatic rings. The van der Waals surface area contributed by atoms with Crippen LogP contribution in [0.5, 0.6) is 0 Å². The number of Topliss-reactive ketones (excluding diaryl/α,β-unsaturated/α-hetero) is 1. The Bertz CT molecular complexity index is 798. The van der Waals surface area contributed by atoms with Crippen molar-refractivity contribution in [2.24, 2.45) is 35.0 Å². The number of unbranched alkanes of at least 4 members (excludes halogenated alkanes) is 8. The van der Waals surface area contributed by atoms with E-state index in [4.69, 9.17) is 4.74 Å². The van der Waals surface area contributed by atoms with Gasteiger partial charge in [-0.05, 0) is 80.6 Å². The van der Waals surface area contributed by atoms with Crippen LogP contribution in [0.2, 0.25) is 0 Å². The number of esters is 1. The number of allylic oxidation sites excluding steroid dienone is 1. The highest BCUT2D eigenvalue weighted by atomic mass is 16.5. The SMILES string of the molecule is CC(=O)OCCCCCCCCCCC[C@@H]1CC2=CC(=O)CC[C@@H]2[C@H]2CC[C@]3(C)C(=O)CC[C@H]3[C@H]12. The van der Waals surface area contributed by atoms with Gasteiger partial charge >= 0.3 is 5.97 Å². The number of ketones is 2. The first-order chi connectivity index (χ1) is 16.9. The van der Waals surface area contributed by atoms with Crippen LogP contribution >= 0.6 is 0 Å². The number of rotatable bonds is 12. The molecule has 4 rings (SSSR count). The first kappa shape index (κ1) is 26.6. The van der Waals surface area contributed by atoms with E-state index in [-0.39, 0.29) is 11.4 Å². The second-order valence-corrected chi connectivity index (χ2v) is 12.4. The monoisotopic (exact) mass is 484 g/mol. The maximum atomic E-state index is 12.8. The lowest BCUT2D eigenvalue weighted by molar-refractivity contribution is -0.141. The van der Waals surface area contributed by atoms with Gasteiger partial charge in [0.25, 0.3) is 0 Å². The molecule has 0 N–H and O–H groups in total. The molecule has 0 saturated heterocycles. The minimum absolute atomic E-state index is 0.0662. The van der Waals surface area contributed by atoms with E-state index in [1.165, 1.54) is 70.3 Å². The molecule has 0 unspecified atom stereocenters. The minimum Gasteiger partial charge on any atom is -0.466 e. The van der Waals surface area contributed by atoms with Gasteiger partial charge in [-0.2, -0.15) is 0 Å². The first-order valence-electron chi connectivity index (χ1n) is 14.8. The van der Waals surface area contributed by atoms with Gasteiger partial charge in [0.2, 0.25) is 0 Å². The average molecular weight is 485 g/mol. The topological polar surface area (TPSA) is 60.4 Å². The van der Waals surface area contributed by atoms with Crippen molar-refractivity contribution in [2.45, 2.75) is 123 Å². The Labute approximate surface area is 213 Å². The Morgan fingerprint density at radius 2 is 1.63 bits per heavy atom. The van der Waals surface area contributed by atoms with E-state index in [1.807, 2.05) is 6.08 Å². The fourth-order valence-electron chi connectivity index (χ4n) is 8.41. The molecule has 4 aliphatic carbocycles. The second-order valence-electron chi connectivity index (χ2n) is 12.4. The van der Waals surface area contributed by atoms with Crippen molar-refractivity contribution in [3.8, 4) is 0 Å². The standard InChI is InChI=1S/C31H48O4/c1-22(32)35-19-11-9-7-5-3-4-6-8-10-12-23-20-24-21-25(33)13-14-26(24)27-17-18-31(2)28(30(23)27)15-16-29(31)34/h21,23,26-28,30H,3-20H2,1-2H3/t23-,26+,27-,28+,30-,31+/m1/s1. The molecule has 0 spiro atoms. The highest BCUT2D eigenvalue weighted by Gasteiger charge is 2.58. The lowest BCUT2D eigenvalue weighted by Gasteiger charge is -2.55. The van der Waals surface area contributed by atoms with Crippen molar-refractivity contribution < 1.29 is 19.1 Å². The van der Waals surface area contributed by atoms with E-state index in [2.05, 4.69) is 6.92 Å². The number of carbonyl (C=O) groups excluding carboxylic acids is 3. The molecule has 35 heavy (non-hydrogen) atoms. The smallest absolute Gasteiger partial charge is 0.302 e. The molecular formula is C31H48O4. The summed E-state index contributed by atoms with van der Waals surface area (Å²) in [6.07, 6.45) is 21.6. The van der Waals surface area contributed by atoms with E-state index in [0.717, 1.165) is 51.4 Å². The lowest BCUT2D eigenvalue weighted by Crippen LogP contribution is -2.50. The van der Waals surface area contributed by atoms with Crippen LogP contribution in [0.4, 0.5) is 0 Å². The number of ether oxygens (including phenoxy) is 1. The predicted molar refractivity (Wildman–Crippen MR) is 139 cm³/mol. The van der Waals surface area contributed by atoms with Crippen LogP contribution < -0.4 is 0 Å². The molecular weight excluding hydrogens is 436 g/mol. The third-order valence-corrected chi connectivity index (χ3v) is 10.2. The van der Waals surface area contributed by atoms with Crippen LogP contribution in [0, 0.1) is 35.0 Å². The fraction of sp³-hybridized carbons (Fsp3) is 0.839. The minimum atomic E-state index is -0.174. The Morgan fingerprint density at radius 1 is 0.943 bits per heavy atom. The zero-order chi connectivity index (χ0) is 24.8. The van der Waals surface area contributed by atoms with Gasteiger partial charge in [0, 0.05) is 25.2 Å². The van der Waals surface area contributed by atoms with Crippen LogP contribution in [-0.2, 0) is 19.1 Å². The lowest BCUT2D eigenvalue weighted by atomic mass is 9.49. The van der Waals surface area contributed by atoms with E-state index < -0.39 is 0 Å². The van der Waals surface area contributed by atoms with Crippen LogP contribution in [0.25, 0.3) is 0 Å². The molecule has 0 radical (unpaired) electrons. The summed E-state index contributed by atoms with van der Waals surface area (Å²) in [6.45, 7) is 4.32. The normalized spacial score (nSPS) is 34.1. The number of hydrogen-bond donors (Lipinski definition) is 0. The number of carbonyl (C=O) groups is 3. The summed E-state index contributed by atoms with van der Waals surface area (Å²) >= 11 is 0. The van der Waals surface area contributed by atoms with Crippen molar-refractivity contribution in [2.75, 3.05) is 6.61 Å². The summed E-state index contributed by atoms with van der Waals surface area (Å²) in [6, 6.07) is 0. The van der Waals surface area contributed by atoms with Gasteiger partial charge in [-0.1, -0.05) is 63.9 Å². The molecule has 4 aliphatic rings. The van der Waals surface area contributed by atoms with Gasteiger partial charge in [0.05, 0.1) is 6.61 Å². The van der Waals surface area contributed by atoms with Gasteiger partial charge in [-0.25, -0.2) is 0 Å². The first-order valence-corrected chi connectivity index (χ1v) is 14.8. The molecule has 196 valence electrons. The molecule has 4 heteroatoms. The van der Waals surface area contributed by atoms with Crippen LogP contribution in [0.1, 0.15) is 123 Å². The quantitative estimate of drug-likeness (QED) is 0.214. The molecule has 0 aromatic carbocycles. The summed E-state index contributed by atoms with van der Waals surface area (Å²) in [7, 11) is 0. The van der Waals surface area contributed by atoms with Gasteiger partial charge in [0.15, 0.2) is 5.78 Å². The van der Waals surface area contributed by atoms with Crippen LogP contribution in [0.15, 0.2) is 11.6 Å². The molecule has 6 atom stereocenters. The molecule has 3 fully saturated rings. The zero-order valence-electron chi connectivity index (χ0n) is 22.3. The second kappa shape index (κ2) is 12.2. The summed E-state index contributed by atoms with van der Waals surface area (Å²) in [5.74, 6) is 3.97. The molecule has 0 aliphatic heterocycles. The molecule has 0 aromatic heterocycles. The van der Waals surface area contributed by atoms with Gasteiger partial charge in [-0.15, -0.1) is 0 Å². The van der Waals surface area contributed by atoms with E-state index in [1.54, 1.807) is 0 Å². The van der Waals surface area contributed by atoms with Crippen LogP contribution in [0.3, 0.4) is 0 Å². The molecule has 0 heterocycles. The molecule has 0 bridgehead atoms. The van der Waals surface area contributed by atoms with Gasteiger partial charge in [-0.3, -0.25) is 14.4 Å². The maximum Gasteiger partial charge on any atom is 0.302 e. The van der Waals surface area contributed by atoms with Crippen molar-refractivity contribution in [3.63, 3.8) is 0 Å². The average Bonchev–Trinajstić information content (AvgIpc) is 3.13. The predicted octanol–water partition coefficient (Wildman–Crippen LogP) is 7.39. The van der Waals surface area contributed by atoms with Crippen molar-refractivity contribution in [1.29, 1.82) is 0 Å².